The molecule has 0 N–H and O–H groups in total. The van der Waals surface area contributed by atoms with Gasteiger partial charge in [0.15, 0.2) is 0 Å². The van der Waals surface area contributed by atoms with Gasteiger partial charge in [-0.25, -0.2) is 0 Å². The monoisotopic (exact) mass is 216 g/mol. The molecule has 1 aliphatic heterocycles. The van der Waals surface area contributed by atoms with Crippen LogP contribution in [0.4, 0.5) is 0 Å². The molecule has 0 saturated carbocycles. The van der Waals surface area contributed by atoms with E-state index in [0.29, 0.717) is 11.9 Å². The summed E-state index contributed by atoms with van der Waals surface area (Å²) in [7, 11) is 0. The van der Waals surface area contributed by atoms with Gasteiger partial charge in [-0.3, -0.25) is 4.79 Å². The Balaban J connectivity index is 1.94. The van der Waals surface area contributed by atoms with Gasteiger partial charge in [-0.1, -0.05) is 0 Å². The standard InChI is InChI=1S/C11H20O2S/c1-14-9-7-10(12)4-2-5-11-6-3-8-13-11/h11H,2-9H2,1H3. The third kappa shape index (κ3) is 5.01. The van der Waals surface area contributed by atoms with Crippen molar-refractivity contribution in [2.24, 2.45) is 0 Å². The molecule has 1 atom stereocenters. The molecular formula is C11H20O2S. The summed E-state index contributed by atoms with van der Waals surface area (Å²) in [5.41, 5.74) is 0. The Bertz CT molecular complexity index is 165. The first-order chi connectivity index (χ1) is 6.83. The van der Waals surface area contributed by atoms with E-state index in [1.54, 1.807) is 11.8 Å². The third-order valence-electron chi connectivity index (χ3n) is 2.59. The minimum absolute atomic E-state index is 0.414. The van der Waals surface area contributed by atoms with Gasteiger partial charge in [-0.2, -0.15) is 11.8 Å². The number of hydrogen-bond acceptors (Lipinski definition) is 3. The molecule has 0 amide bonds. The van der Waals surface area contributed by atoms with Gasteiger partial charge in [0.05, 0.1) is 6.10 Å². The lowest BCUT2D eigenvalue weighted by atomic mass is 10.1. The van der Waals surface area contributed by atoms with Gasteiger partial charge < -0.3 is 4.74 Å². The van der Waals surface area contributed by atoms with E-state index in [9.17, 15) is 4.79 Å². The van der Waals surface area contributed by atoms with E-state index in [1.807, 2.05) is 6.26 Å². The van der Waals surface area contributed by atoms with Gasteiger partial charge in [0.2, 0.25) is 0 Å². The van der Waals surface area contributed by atoms with Crippen LogP contribution in [0.15, 0.2) is 0 Å². The minimum atomic E-state index is 0.414. The molecule has 1 aliphatic rings. The van der Waals surface area contributed by atoms with Crippen LogP contribution in [-0.4, -0.2) is 30.5 Å². The van der Waals surface area contributed by atoms with E-state index < -0.39 is 0 Å². The van der Waals surface area contributed by atoms with Crippen LogP contribution < -0.4 is 0 Å². The first-order valence-electron chi connectivity index (χ1n) is 5.45. The highest BCUT2D eigenvalue weighted by Gasteiger charge is 2.15. The summed E-state index contributed by atoms with van der Waals surface area (Å²) in [6, 6.07) is 0. The quantitative estimate of drug-likeness (QED) is 0.654. The van der Waals surface area contributed by atoms with Crippen LogP contribution in [0.25, 0.3) is 0 Å². The fourth-order valence-electron chi connectivity index (χ4n) is 1.74. The van der Waals surface area contributed by atoms with Gasteiger partial charge in [-0.05, 0) is 37.7 Å². The third-order valence-corrected chi connectivity index (χ3v) is 3.20. The predicted molar refractivity (Wildman–Crippen MR) is 60.8 cm³/mol. The zero-order chi connectivity index (χ0) is 10.2. The highest BCUT2D eigenvalue weighted by molar-refractivity contribution is 7.98. The minimum Gasteiger partial charge on any atom is -0.378 e. The van der Waals surface area contributed by atoms with Gasteiger partial charge >= 0.3 is 0 Å². The summed E-state index contributed by atoms with van der Waals surface area (Å²) in [5, 5.41) is 0. The summed E-state index contributed by atoms with van der Waals surface area (Å²) >= 11 is 1.74. The lowest BCUT2D eigenvalue weighted by Gasteiger charge is -2.07. The van der Waals surface area contributed by atoms with Crippen LogP contribution in [-0.2, 0) is 9.53 Å². The average molecular weight is 216 g/mol. The van der Waals surface area contributed by atoms with E-state index in [2.05, 4.69) is 0 Å². The van der Waals surface area contributed by atoms with Crippen molar-refractivity contribution in [2.75, 3.05) is 18.6 Å². The number of ketones is 1. The average Bonchev–Trinajstić information content (AvgIpc) is 2.67. The summed E-state index contributed by atoms with van der Waals surface area (Å²) in [6.45, 7) is 0.922. The zero-order valence-corrected chi connectivity index (χ0v) is 9.78. The molecule has 14 heavy (non-hydrogen) atoms. The van der Waals surface area contributed by atoms with Gasteiger partial charge in [0.25, 0.3) is 0 Å². The van der Waals surface area contributed by atoms with E-state index >= 15 is 0 Å². The van der Waals surface area contributed by atoms with Crippen LogP contribution in [0.2, 0.25) is 0 Å². The summed E-state index contributed by atoms with van der Waals surface area (Å²) in [6.07, 6.45) is 8.46. The molecule has 1 saturated heterocycles. The molecule has 82 valence electrons. The lowest BCUT2D eigenvalue weighted by Crippen LogP contribution is -2.06. The fraction of sp³-hybridized carbons (Fsp3) is 0.909. The number of carbonyl (C=O) groups is 1. The second kappa shape index (κ2) is 7.30. The van der Waals surface area contributed by atoms with Crippen molar-refractivity contribution < 1.29 is 9.53 Å². The normalized spacial score (nSPS) is 21.4. The molecule has 1 rings (SSSR count). The van der Waals surface area contributed by atoms with Crippen molar-refractivity contribution >= 4 is 17.5 Å². The smallest absolute Gasteiger partial charge is 0.133 e. The van der Waals surface area contributed by atoms with Crippen molar-refractivity contribution in [3.63, 3.8) is 0 Å². The van der Waals surface area contributed by atoms with Gasteiger partial charge in [-0.15, -0.1) is 0 Å². The summed E-state index contributed by atoms with van der Waals surface area (Å²) in [4.78, 5) is 11.3. The Morgan fingerprint density at radius 2 is 2.36 bits per heavy atom. The van der Waals surface area contributed by atoms with Crippen LogP contribution in [0.1, 0.15) is 38.5 Å². The maximum Gasteiger partial charge on any atom is 0.133 e. The van der Waals surface area contributed by atoms with Gasteiger partial charge in [0.1, 0.15) is 5.78 Å². The highest BCUT2D eigenvalue weighted by atomic mass is 32.2. The fourth-order valence-corrected chi connectivity index (χ4v) is 2.17. The summed E-state index contributed by atoms with van der Waals surface area (Å²) < 4.78 is 5.50. The second-order valence-electron chi connectivity index (χ2n) is 3.81. The number of thioether (sulfide) groups is 1. The molecule has 0 spiro atoms. The Labute approximate surface area is 90.8 Å². The number of carbonyl (C=O) groups excluding carboxylic acids is 1. The van der Waals surface area contributed by atoms with E-state index in [4.69, 9.17) is 4.74 Å². The molecule has 1 unspecified atom stereocenters. The first kappa shape index (κ1) is 12.1. The molecular weight excluding hydrogens is 196 g/mol. The Morgan fingerprint density at radius 3 is 3.00 bits per heavy atom. The van der Waals surface area contributed by atoms with Crippen molar-refractivity contribution in [1.82, 2.24) is 0 Å². The molecule has 2 nitrogen and oxygen atoms in total. The zero-order valence-electron chi connectivity index (χ0n) is 8.96. The maximum absolute atomic E-state index is 11.3. The van der Waals surface area contributed by atoms with Crippen LogP contribution in [0, 0.1) is 0 Å². The van der Waals surface area contributed by atoms with Crippen molar-refractivity contribution in [3.8, 4) is 0 Å². The first-order valence-corrected chi connectivity index (χ1v) is 6.84. The Morgan fingerprint density at radius 1 is 1.50 bits per heavy atom. The highest BCUT2D eigenvalue weighted by Crippen LogP contribution is 2.17. The van der Waals surface area contributed by atoms with E-state index in [-0.39, 0.29) is 0 Å². The number of Topliss-reactive ketones (excluding diaryl/α,β-unsaturated/α-hetero) is 1. The SMILES string of the molecule is CSCCC(=O)CCCC1CCCO1. The predicted octanol–water partition coefficient (Wildman–Crippen LogP) is 2.66. The van der Waals surface area contributed by atoms with Crippen LogP contribution >= 0.6 is 11.8 Å². The van der Waals surface area contributed by atoms with Crippen LogP contribution in [0.5, 0.6) is 0 Å². The van der Waals surface area contributed by atoms with Crippen LogP contribution in [0.3, 0.4) is 0 Å². The Kier molecular flexibility index (Phi) is 6.28. The molecule has 0 aliphatic carbocycles. The number of ether oxygens (including phenoxy) is 1. The van der Waals surface area contributed by atoms with E-state index in [1.165, 1.54) is 12.8 Å². The molecule has 0 aromatic heterocycles. The molecule has 0 aromatic carbocycles. The summed E-state index contributed by atoms with van der Waals surface area (Å²) in [5.74, 6) is 1.39. The second-order valence-corrected chi connectivity index (χ2v) is 4.79. The molecule has 1 heterocycles. The maximum atomic E-state index is 11.3. The molecule has 0 bridgehead atoms. The topological polar surface area (TPSA) is 26.3 Å². The number of hydrogen-bond donors (Lipinski definition) is 0. The molecule has 0 radical (unpaired) electrons. The van der Waals surface area contributed by atoms with Crippen molar-refractivity contribution in [3.05, 3.63) is 0 Å². The van der Waals surface area contributed by atoms with Crippen molar-refractivity contribution in [1.29, 1.82) is 0 Å². The number of rotatable bonds is 7. The van der Waals surface area contributed by atoms with Crippen molar-refractivity contribution in [2.45, 2.75) is 44.6 Å². The van der Waals surface area contributed by atoms with E-state index in [0.717, 1.165) is 38.0 Å². The van der Waals surface area contributed by atoms with Gasteiger partial charge in [0, 0.05) is 19.4 Å². The largest absolute Gasteiger partial charge is 0.378 e. The Hall–Kier alpha value is -0.0200. The molecule has 3 heteroatoms. The molecule has 1 fully saturated rings. The molecule has 0 aromatic rings. The lowest BCUT2D eigenvalue weighted by molar-refractivity contribution is -0.118.